The maximum Gasteiger partial charge on any atom is 0.282 e. The van der Waals surface area contributed by atoms with E-state index in [0.29, 0.717) is 31.2 Å². The first kappa shape index (κ1) is 22.1. The van der Waals surface area contributed by atoms with Gasteiger partial charge in [-0.2, -0.15) is 17.0 Å². The molecule has 0 unspecified atom stereocenters. The fraction of sp³-hybridized carbons (Fsp3) is 0.682. The van der Waals surface area contributed by atoms with Gasteiger partial charge in [-0.3, -0.25) is 4.79 Å². The Bertz CT molecular complexity index is 873. The largest absolute Gasteiger partial charge is 0.339 e. The molecule has 0 aromatic heterocycles. The van der Waals surface area contributed by atoms with Crippen molar-refractivity contribution < 1.29 is 13.2 Å². The fourth-order valence-electron chi connectivity index (χ4n) is 5.18. The summed E-state index contributed by atoms with van der Waals surface area (Å²) in [5.74, 6) is 0.119. The molecule has 4 rings (SSSR count). The third kappa shape index (κ3) is 4.01. The number of rotatable bonds is 5. The lowest BCUT2D eigenvalue weighted by molar-refractivity contribution is -0.142. The maximum absolute atomic E-state index is 13.5. The van der Waals surface area contributed by atoms with Crippen LogP contribution < -0.4 is 0 Å². The van der Waals surface area contributed by atoms with Crippen LogP contribution in [0.3, 0.4) is 0 Å². The summed E-state index contributed by atoms with van der Waals surface area (Å²) in [5.41, 5.74) is 0.489. The second kappa shape index (κ2) is 8.77. The van der Waals surface area contributed by atoms with E-state index in [4.69, 9.17) is 11.6 Å². The van der Waals surface area contributed by atoms with Gasteiger partial charge in [0.1, 0.15) is 0 Å². The SMILES string of the molecule is CN(C1CCCCC1)S(=O)(=O)N1CCN(C(=O)C2(c3cccc(Cl)c3)CCC2)CC1. The van der Waals surface area contributed by atoms with Crippen molar-refractivity contribution in [1.29, 1.82) is 0 Å². The predicted octanol–water partition coefficient (Wildman–Crippen LogP) is 3.42. The highest BCUT2D eigenvalue weighted by molar-refractivity contribution is 7.86. The van der Waals surface area contributed by atoms with Crippen molar-refractivity contribution in [2.24, 2.45) is 0 Å². The van der Waals surface area contributed by atoms with Gasteiger partial charge < -0.3 is 4.90 Å². The maximum atomic E-state index is 13.5. The van der Waals surface area contributed by atoms with Crippen LogP contribution >= 0.6 is 11.6 Å². The molecule has 0 radical (unpaired) electrons. The van der Waals surface area contributed by atoms with E-state index in [0.717, 1.165) is 50.5 Å². The second-order valence-corrected chi connectivity index (χ2v) is 11.4. The Labute approximate surface area is 185 Å². The summed E-state index contributed by atoms with van der Waals surface area (Å²) in [4.78, 5) is 15.3. The Hall–Kier alpha value is -1.15. The third-order valence-electron chi connectivity index (χ3n) is 7.30. The number of amides is 1. The third-order valence-corrected chi connectivity index (χ3v) is 9.58. The number of piperazine rings is 1. The molecule has 0 N–H and O–H groups in total. The normalized spacial score (nSPS) is 23.4. The molecule has 30 heavy (non-hydrogen) atoms. The summed E-state index contributed by atoms with van der Waals surface area (Å²) in [6.07, 6.45) is 7.95. The lowest BCUT2D eigenvalue weighted by Crippen LogP contribution is -2.59. The van der Waals surface area contributed by atoms with E-state index in [2.05, 4.69) is 0 Å². The van der Waals surface area contributed by atoms with Gasteiger partial charge in [-0.05, 0) is 43.4 Å². The van der Waals surface area contributed by atoms with Gasteiger partial charge in [0.2, 0.25) is 5.91 Å². The molecule has 8 heteroatoms. The number of hydrogen-bond donors (Lipinski definition) is 0. The van der Waals surface area contributed by atoms with Crippen LogP contribution in [-0.2, 0) is 20.4 Å². The zero-order valence-corrected chi connectivity index (χ0v) is 19.3. The van der Waals surface area contributed by atoms with E-state index in [-0.39, 0.29) is 11.9 Å². The molecular weight excluding hydrogens is 422 g/mol. The number of benzene rings is 1. The lowest BCUT2D eigenvalue weighted by atomic mass is 9.63. The minimum atomic E-state index is -3.48. The van der Waals surface area contributed by atoms with Crippen molar-refractivity contribution in [3.8, 4) is 0 Å². The lowest BCUT2D eigenvalue weighted by Gasteiger charge is -2.46. The average molecular weight is 454 g/mol. The number of nitrogens with zero attached hydrogens (tertiary/aromatic N) is 3. The highest BCUT2D eigenvalue weighted by Crippen LogP contribution is 2.46. The van der Waals surface area contributed by atoms with Crippen LogP contribution in [-0.4, -0.2) is 67.1 Å². The van der Waals surface area contributed by atoms with Gasteiger partial charge in [-0.15, -0.1) is 0 Å². The van der Waals surface area contributed by atoms with Crippen LogP contribution in [0.15, 0.2) is 24.3 Å². The zero-order valence-electron chi connectivity index (χ0n) is 17.7. The van der Waals surface area contributed by atoms with E-state index < -0.39 is 15.6 Å². The molecular formula is C22H32ClN3O3S. The molecule has 2 saturated carbocycles. The summed E-state index contributed by atoms with van der Waals surface area (Å²) in [7, 11) is -1.77. The van der Waals surface area contributed by atoms with Crippen LogP contribution in [0.4, 0.5) is 0 Å². The van der Waals surface area contributed by atoms with Crippen molar-refractivity contribution in [1.82, 2.24) is 13.5 Å². The molecule has 1 aromatic carbocycles. The highest BCUT2D eigenvalue weighted by Gasteiger charge is 2.48. The molecule has 1 aromatic rings. The standard InChI is InChI=1S/C22H32ClN3O3S/c1-24(20-9-3-2-4-10-20)30(28,29)26-15-13-25(14-16-26)21(27)22(11-6-12-22)18-7-5-8-19(23)17-18/h5,7-8,17,20H,2-4,6,9-16H2,1H3. The van der Waals surface area contributed by atoms with Gasteiger partial charge in [0.25, 0.3) is 10.2 Å². The molecule has 1 heterocycles. The summed E-state index contributed by atoms with van der Waals surface area (Å²) < 4.78 is 29.4. The first-order valence-electron chi connectivity index (χ1n) is 11.1. The van der Waals surface area contributed by atoms with Crippen molar-refractivity contribution in [3.63, 3.8) is 0 Å². The molecule has 3 fully saturated rings. The zero-order chi connectivity index (χ0) is 21.4. The summed E-state index contributed by atoms with van der Waals surface area (Å²) in [5, 5.41) is 0.647. The molecule has 3 aliphatic rings. The van der Waals surface area contributed by atoms with Crippen molar-refractivity contribution in [2.75, 3.05) is 33.2 Å². The molecule has 6 nitrogen and oxygen atoms in total. The minimum absolute atomic E-state index is 0.101. The molecule has 166 valence electrons. The van der Waals surface area contributed by atoms with E-state index in [1.807, 2.05) is 29.2 Å². The smallest absolute Gasteiger partial charge is 0.282 e. The van der Waals surface area contributed by atoms with Gasteiger partial charge in [-0.1, -0.05) is 49.4 Å². The van der Waals surface area contributed by atoms with E-state index >= 15 is 0 Å². The van der Waals surface area contributed by atoms with Gasteiger partial charge in [0.15, 0.2) is 0 Å². The van der Waals surface area contributed by atoms with Crippen LogP contribution in [0.5, 0.6) is 0 Å². The molecule has 1 aliphatic heterocycles. The quantitative estimate of drug-likeness (QED) is 0.686. The van der Waals surface area contributed by atoms with E-state index in [1.54, 1.807) is 15.7 Å². The molecule has 0 bridgehead atoms. The van der Waals surface area contributed by atoms with Crippen LogP contribution in [0, 0.1) is 0 Å². The molecule has 0 spiro atoms. The Morgan fingerprint density at radius 3 is 2.30 bits per heavy atom. The Morgan fingerprint density at radius 1 is 1.07 bits per heavy atom. The monoisotopic (exact) mass is 453 g/mol. The summed E-state index contributed by atoms with van der Waals surface area (Å²) >= 11 is 6.18. The van der Waals surface area contributed by atoms with Gasteiger partial charge in [-0.25, -0.2) is 0 Å². The van der Waals surface area contributed by atoms with Crippen LogP contribution in [0.1, 0.15) is 56.9 Å². The van der Waals surface area contributed by atoms with Gasteiger partial charge in [0, 0.05) is 44.3 Å². The predicted molar refractivity (Wildman–Crippen MR) is 119 cm³/mol. The minimum Gasteiger partial charge on any atom is -0.339 e. The van der Waals surface area contributed by atoms with Crippen molar-refractivity contribution in [2.45, 2.75) is 62.8 Å². The van der Waals surface area contributed by atoms with Crippen LogP contribution in [0.25, 0.3) is 0 Å². The van der Waals surface area contributed by atoms with Gasteiger partial charge >= 0.3 is 0 Å². The van der Waals surface area contributed by atoms with Crippen molar-refractivity contribution in [3.05, 3.63) is 34.9 Å². The highest BCUT2D eigenvalue weighted by atomic mass is 35.5. The Kier molecular flexibility index (Phi) is 6.45. The van der Waals surface area contributed by atoms with E-state index in [1.165, 1.54) is 6.42 Å². The first-order chi connectivity index (χ1) is 14.3. The summed E-state index contributed by atoms with van der Waals surface area (Å²) in [6, 6.07) is 7.72. The topological polar surface area (TPSA) is 60.9 Å². The number of carbonyl (C=O) groups excluding carboxylic acids is 1. The molecule has 2 aliphatic carbocycles. The Balaban J connectivity index is 1.42. The second-order valence-electron chi connectivity index (χ2n) is 8.95. The Morgan fingerprint density at radius 2 is 1.73 bits per heavy atom. The van der Waals surface area contributed by atoms with Crippen molar-refractivity contribution >= 4 is 27.7 Å². The van der Waals surface area contributed by atoms with E-state index in [9.17, 15) is 13.2 Å². The molecule has 1 saturated heterocycles. The average Bonchev–Trinajstić information content (AvgIpc) is 2.73. The first-order valence-corrected chi connectivity index (χ1v) is 12.9. The van der Waals surface area contributed by atoms with Crippen LogP contribution in [0.2, 0.25) is 5.02 Å². The number of hydrogen-bond acceptors (Lipinski definition) is 3. The molecule has 0 atom stereocenters. The number of halogens is 1. The summed E-state index contributed by atoms with van der Waals surface area (Å²) in [6.45, 7) is 1.60. The fourth-order valence-corrected chi connectivity index (χ4v) is 6.95. The van der Waals surface area contributed by atoms with Gasteiger partial charge in [0.05, 0.1) is 5.41 Å². The number of carbonyl (C=O) groups is 1. The molecule has 1 amide bonds.